The average Bonchev–Trinajstić information content (AvgIpc) is 2.56. The van der Waals surface area contributed by atoms with Gasteiger partial charge in [-0.15, -0.1) is 0 Å². The Hall–Kier alpha value is -1.97. The normalized spacial score (nSPS) is 18.0. The molecule has 0 bridgehead atoms. The van der Waals surface area contributed by atoms with Crippen molar-refractivity contribution in [1.29, 1.82) is 0 Å². The van der Waals surface area contributed by atoms with Crippen LogP contribution in [0, 0.1) is 0 Å². The molecule has 1 aromatic rings. The second kappa shape index (κ2) is 3.41. The Labute approximate surface area is 81.3 Å². The molecule has 0 atom stereocenters. The molecular formula is C10H10N2O2. The number of amides is 1. The number of phenolic OH excluding ortho intramolecular Hbond substituents is 1. The number of phenols is 1. The minimum atomic E-state index is -0.145. The van der Waals surface area contributed by atoms with Crippen LogP contribution in [0.15, 0.2) is 30.0 Å². The molecule has 0 unspecified atom stereocenters. The molecule has 0 aliphatic carbocycles. The van der Waals surface area contributed by atoms with Gasteiger partial charge < -0.3 is 15.7 Å². The SMILES string of the molecule is O=C1NCN/C1=C/c1ccccc1O. The van der Waals surface area contributed by atoms with Gasteiger partial charge in [-0.05, 0) is 12.1 Å². The fraction of sp³-hybridized carbons (Fsp3) is 0.100. The number of carbonyl (C=O) groups is 1. The summed E-state index contributed by atoms with van der Waals surface area (Å²) >= 11 is 0. The van der Waals surface area contributed by atoms with E-state index >= 15 is 0 Å². The molecule has 1 aliphatic rings. The fourth-order valence-corrected chi connectivity index (χ4v) is 1.28. The van der Waals surface area contributed by atoms with Gasteiger partial charge in [0.25, 0.3) is 5.91 Å². The molecule has 3 N–H and O–H groups in total. The Morgan fingerprint density at radius 3 is 2.71 bits per heavy atom. The molecule has 2 rings (SSSR count). The first-order valence-corrected chi connectivity index (χ1v) is 4.29. The van der Waals surface area contributed by atoms with Crippen molar-refractivity contribution < 1.29 is 9.90 Å². The molecule has 1 aromatic carbocycles. The van der Waals surface area contributed by atoms with Gasteiger partial charge in [-0.2, -0.15) is 0 Å². The van der Waals surface area contributed by atoms with Crippen LogP contribution in [0.4, 0.5) is 0 Å². The summed E-state index contributed by atoms with van der Waals surface area (Å²) < 4.78 is 0. The zero-order chi connectivity index (χ0) is 9.97. The predicted molar refractivity (Wildman–Crippen MR) is 52.2 cm³/mol. The topological polar surface area (TPSA) is 61.4 Å². The highest BCUT2D eigenvalue weighted by Gasteiger charge is 2.15. The summed E-state index contributed by atoms with van der Waals surface area (Å²) in [6, 6.07) is 6.87. The van der Waals surface area contributed by atoms with E-state index < -0.39 is 0 Å². The molecule has 72 valence electrons. The molecule has 0 saturated carbocycles. The molecular weight excluding hydrogens is 180 g/mol. The van der Waals surface area contributed by atoms with Crippen LogP contribution in [0.5, 0.6) is 5.75 Å². The van der Waals surface area contributed by atoms with Gasteiger partial charge >= 0.3 is 0 Å². The van der Waals surface area contributed by atoms with E-state index in [0.29, 0.717) is 17.9 Å². The molecule has 1 amide bonds. The third-order valence-corrected chi connectivity index (χ3v) is 2.01. The van der Waals surface area contributed by atoms with Gasteiger partial charge in [0, 0.05) is 5.56 Å². The van der Waals surface area contributed by atoms with Gasteiger partial charge in [0.05, 0.1) is 6.67 Å². The highest BCUT2D eigenvalue weighted by Crippen LogP contribution is 2.18. The van der Waals surface area contributed by atoms with Crippen molar-refractivity contribution in [2.45, 2.75) is 0 Å². The number of rotatable bonds is 1. The summed E-state index contributed by atoms with van der Waals surface area (Å²) in [6.07, 6.45) is 1.62. The Bertz CT molecular complexity index is 399. The number of nitrogens with one attached hydrogen (secondary N) is 2. The van der Waals surface area contributed by atoms with Crippen LogP contribution in [-0.2, 0) is 4.79 Å². The van der Waals surface area contributed by atoms with Crippen LogP contribution in [0.3, 0.4) is 0 Å². The van der Waals surface area contributed by atoms with E-state index in [0.717, 1.165) is 0 Å². The summed E-state index contributed by atoms with van der Waals surface area (Å²) in [6.45, 7) is 0.443. The molecule has 1 heterocycles. The molecule has 14 heavy (non-hydrogen) atoms. The van der Waals surface area contributed by atoms with E-state index in [2.05, 4.69) is 10.6 Å². The Morgan fingerprint density at radius 2 is 2.07 bits per heavy atom. The Kier molecular flexibility index (Phi) is 2.10. The first kappa shape index (κ1) is 8.62. The molecule has 0 radical (unpaired) electrons. The van der Waals surface area contributed by atoms with Gasteiger partial charge in [-0.1, -0.05) is 18.2 Å². The lowest BCUT2D eigenvalue weighted by Crippen LogP contribution is -2.14. The van der Waals surface area contributed by atoms with Crippen molar-refractivity contribution in [3.05, 3.63) is 35.5 Å². The van der Waals surface area contributed by atoms with Gasteiger partial charge in [0.15, 0.2) is 0 Å². The third kappa shape index (κ3) is 1.54. The summed E-state index contributed by atoms with van der Waals surface area (Å²) in [5, 5.41) is 14.9. The molecule has 0 aromatic heterocycles. The van der Waals surface area contributed by atoms with Crippen molar-refractivity contribution in [3.8, 4) is 5.75 Å². The number of carbonyl (C=O) groups excluding carboxylic acids is 1. The van der Waals surface area contributed by atoms with Gasteiger partial charge in [0.1, 0.15) is 11.4 Å². The maximum Gasteiger partial charge on any atom is 0.268 e. The van der Waals surface area contributed by atoms with Crippen LogP contribution in [-0.4, -0.2) is 17.7 Å². The predicted octanol–water partition coefficient (Wildman–Crippen LogP) is 0.410. The van der Waals surface area contributed by atoms with Crippen molar-refractivity contribution in [2.24, 2.45) is 0 Å². The number of benzene rings is 1. The summed E-state index contributed by atoms with van der Waals surface area (Å²) in [5.41, 5.74) is 1.11. The molecule has 4 heteroatoms. The lowest BCUT2D eigenvalue weighted by Gasteiger charge is -1.99. The summed E-state index contributed by atoms with van der Waals surface area (Å²) in [5.74, 6) is 0.0229. The van der Waals surface area contributed by atoms with Crippen molar-refractivity contribution in [3.63, 3.8) is 0 Å². The molecule has 1 saturated heterocycles. The minimum Gasteiger partial charge on any atom is -0.507 e. The highest BCUT2D eigenvalue weighted by molar-refractivity contribution is 5.99. The number of para-hydroxylation sites is 1. The second-order valence-corrected chi connectivity index (χ2v) is 2.98. The lowest BCUT2D eigenvalue weighted by atomic mass is 10.1. The summed E-state index contributed by atoms with van der Waals surface area (Å²) in [4.78, 5) is 11.2. The van der Waals surface area contributed by atoms with E-state index in [1.165, 1.54) is 0 Å². The van der Waals surface area contributed by atoms with Crippen LogP contribution >= 0.6 is 0 Å². The smallest absolute Gasteiger partial charge is 0.268 e. The zero-order valence-electron chi connectivity index (χ0n) is 7.45. The highest BCUT2D eigenvalue weighted by atomic mass is 16.3. The fourth-order valence-electron chi connectivity index (χ4n) is 1.28. The minimum absolute atomic E-state index is 0.145. The standard InChI is InChI=1S/C10H10N2O2/c13-9-4-2-1-3-7(9)5-8-10(14)12-6-11-8/h1-5,11,13H,6H2,(H,12,14)/b8-5+. The number of hydrogen-bond acceptors (Lipinski definition) is 3. The van der Waals surface area contributed by atoms with Crippen LogP contribution in [0.1, 0.15) is 5.56 Å². The van der Waals surface area contributed by atoms with E-state index in [-0.39, 0.29) is 11.7 Å². The summed E-state index contributed by atoms with van der Waals surface area (Å²) in [7, 11) is 0. The molecule has 1 aliphatic heterocycles. The number of hydrogen-bond donors (Lipinski definition) is 3. The lowest BCUT2D eigenvalue weighted by molar-refractivity contribution is -0.116. The molecule has 1 fully saturated rings. The first-order chi connectivity index (χ1) is 6.77. The van der Waals surface area contributed by atoms with Gasteiger partial charge in [-0.25, -0.2) is 0 Å². The molecule has 0 spiro atoms. The van der Waals surface area contributed by atoms with E-state index in [9.17, 15) is 9.90 Å². The van der Waals surface area contributed by atoms with Crippen LogP contribution < -0.4 is 10.6 Å². The number of aromatic hydroxyl groups is 1. The second-order valence-electron chi connectivity index (χ2n) is 2.98. The Morgan fingerprint density at radius 1 is 1.29 bits per heavy atom. The largest absolute Gasteiger partial charge is 0.507 e. The van der Waals surface area contributed by atoms with E-state index in [4.69, 9.17) is 0 Å². The first-order valence-electron chi connectivity index (χ1n) is 4.29. The van der Waals surface area contributed by atoms with Gasteiger partial charge in [-0.3, -0.25) is 4.79 Å². The third-order valence-electron chi connectivity index (χ3n) is 2.01. The van der Waals surface area contributed by atoms with Crippen LogP contribution in [0.25, 0.3) is 6.08 Å². The quantitative estimate of drug-likeness (QED) is 0.562. The maximum atomic E-state index is 11.2. The van der Waals surface area contributed by atoms with Crippen molar-refractivity contribution in [2.75, 3.05) is 6.67 Å². The zero-order valence-corrected chi connectivity index (χ0v) is 7.45. The van der Waals surface area contributed by atoms with Crippen LogP contribution in [0.2, 0.25) is 0 Å². The average molecular weight is 190 g/mol. The van der Waals surface area contributed by atoms with Crippen molar-refractivity contribution >= 4 is 12.0 Å². The molecule has 4 nitrogen and oxygen atoms in total. The maximum absolute atomic E-state index is 11.2. The van der Waals surface area contributed by atoms with E-state index in [1.54, 1.807) is 30.3 Å². The monoisotopic (exact) mass is 190 g/mol. The van der Waals surface area contributed by atoms with Gasteiger partial charge in [0.2, 0.25) is 0 Å². The van der Waals surface area contributed by atoms with E-state index in [1.807, 2.05) is 0 Å². The Balaban J connectivity index is 2.33. The van der Waals surface area contributed by atoms with Crippen molar-refractivity contribution in [1.82, 2.24) is 10.6 Å².